The molecule has 0 radical (unpaired) electrons. The Morgan fingerprint density at radius 3 is 2.26 bits per heavy atom. The fourth-order valence-electron chi connectivity index (χ4n) is 1.49. The van der Waals surface area contributed by atoms with Gasteiger partial charge in [0.05, 0.1) is 5.69 Å². The number of carbonyl (C=O) groups excluding carboxylic acids is 1. The highest BCUT2D eigenvalue weighted by atomic mass is 35.5. The zero-order valence-corrected chi connectivity index (χ0v) is 11.2. The molecule has 0 saturated carbocycles. The molecule has 0 atom stereocenters. The number of ether oxygens (including phenoxy) is 1. The van der Waals surface area contributed by atoms with E-state index in [0.717, 1.165) is 0 Å². The average Bonchev–Trinajstić information content (AvgIpc) is 2.30. The molecule has 2 aromatic rings. The molecule has 0 bridgehead atoms. The zero-order valence-electron chi connectivity index (χ0n) is 9.69. The van der Waals surface area contributed by atoms with Crippen LogP contribution in [0.25, 0.3) is 0 Å². The van der Waals surface area contributed by atoms with Crippen molar-refractivity contribution in [1.29, 1.82) is 0 Å². The van der Waals surface area contributed by atoms with Gasteiger partial charge in [-0.05, 0) is 36.4 Å². The van der Waals surface area contributed by atoms with Crippen molar-refractivity contribution in [1.82, 2.24) is 0 Å². The Kier molecular flexibility index (Phi) is 3.83. The van der Waals surface area contributed by atoms with Crippen LogP contribution < -0.4 is 16.2 Å². The Hall–Kier alpha value is -1.91. The Morgan fingerprint density at radius 1 is 1.05 bits per heavy atom. The minimum atomic E-state index is -0.561. The first-order valence-electron chi connectivity index (χ1n) is 5.29. The molecule has 0 aromatic heterocycles. The maximum atomic E-state index is 11.1. The molecule has 19 heavy (non-hydrogen) atoms. The van der Waals surface area contributed by atoms with Crippen LogP contribution in [-0.4, -0.2) is 5.91 Å². The minimum absolute atomic E-state index is 0.303. The largest absolute Gasteiger partial charge is 0.455 e. The van der Waals surface area contributed by atoms with Gasteiger partial charge in [0.25, 0.3) is 0 Å². The number of hydrogen-bond donors (Lipinski definition) is 2. The van der Waals surface area contributed by atoms with Gasteiger partial charge >= 0.3 is 0 Å². The highest BCUT2D eigenvalue weighted by molar-refractivity contribution is 6.34. The first kappa shape index (κ1) is 13.5. The third-order valence-electron chi connectivity index (χ3n) is 2.36. The average molecular weight is 297 g/mol. The van der Waals surface area contributed by atoms with E-state index in [4.69, 9.17) is 39.4 Å². The molecule has 0 aliphatic heterocycles. The van der Waals surface area contributed by atoms with Crippen LogP contribution in [0.15, 0.2) is 36.4 Å². The van der Waals surface area contributed by atoms with E-state index in [-0.39, 0.29) is 0 Å². The maximum absolute atomic E-state index is 11.1. The topological polar surface area (TPSA) is 78.3 Å². The van der Waals surface area contributed by atoms with E-state index in [1.54, 1.807) is 24.3 Å². The summed E-state index contributed by atoms with van der Waals surface area (Å²) in [5.74, 6) is 0.175. The van der Waals surface area contributed by atoms with Gasteiger partial charge in [-0.1, -0.05) is 23.2 Å². The molecular formula is C13H10Cl2N2O2. The number of halogens is 2. The van der Waals surface area contributed by atoms with E-state index in [0.29, 0.717) is 32.8 Å². The summed E-state index contributed by atoms with van der Waals surface area (Å²) < 4.78 is 5.56. The van der Waals surface area contributed by atoms with Crippen molar-refractivity contribution in [3.05, 3.63) is 52.0 Å². The van der Waals surface area contributed by atoms with Crippen LogP contribution in [-0.2, 0) is 0 Å². The minimum Gasteiger partial charge on any atom is -0.455 e. The van der Waals surface area contributed by atoms with Gasteiger partial charge in [-0.2, -0.15) is 0 Å². The van der Waals surface area contributed by atoms with E-state index >= 15 is 0 Å². The number of benzene rings is 2. The van der Waals surface area contributed by atoms with Crippen LogP contribution in [0.5, 0.6) is 11.5 Å². The van der Waals surface area contributed by atoms with Gasteiger partial charge < -0.3 is 16.2 Å². The summed E-state index contributed by atoms with van der Waals surface area (Å²) in [6.07, 6.45) is 0. The molecule has 0 heterocycles. The zero-order chi connectivity index (χ0) is 14.0. The number of nitrogen functional groups attached to an aromatic ring is 1. The van der Waals surface area contributed by atoms with Gasteiger partial charge in [0.2, 0.25) is 5.91 Å². The number of primary amides is 1. The quantitative estimate of drug-likeness (QED) is 0.851. The van der Waals surface area contributed by atoms with E-state index in [9.17, 15) is 4.79 Å². The second-order valence-electron chi connectivity index (χ2n) is 3.82. The molecule has 0 fully saturated rings. The Bertz CT molecular complexity index is 624. The highest BCUT2D eigenvalue weighted by Crippen LogP contribution is 2.31. The third-order valence-corrected chi connectivity index (χ3v) is 2.80. The number of rotatable bonds is 3. The van der Waals surface area contributed by atoms with Gasteiger partial charge in [-0.15, -0.1) is 0 Å². The summed E-state index contributed by atoms with van der Waals surface area (Å²) in [6.45, 7) is 0. The molecule has 0 aliphatic carbocycles. The molecular weight excluding hydrogens is 287 g/mol. The lowest BCUT2D eigenvalue weighted by Gasteiger charge is -2.10. The van der Waals surface area contributed by atoms with Crippen LogP contribution in [0.3, 0.4) is 0 Å². The molecule has 0 saturated heterocycles. The van der Waals surface area contributed by atoms with E-state index in [1.807, 2.05) is 0 Å². The van der Waals surface area contributed by atoms with Gasteiger partial charge in [-0.3, -0.25) is 4.79 Å². The molecule has 0 unspecified atom stereocenters. The molecule has 2 aromatic carbocycles. The SMILES string of the molecule is NC(=O)c1ccc(N)c(Oc2cc(Cl)cc(Cl)c2)c1. The normalized spacial score (nSPS) is 10.2. The fourth-order valence-corrected chi connectivity index (χ4v) is 2.00. The summed E-state index contributed by atoms with van der Waals surface area (Å²) in [4.78, 5) is 11.1. The summed E-state index contributed by atoms with van der Waals surface area (Å²) >= 11 is 11.7. The highest BCUT2D eigenvalue weighted by Gasteiger charge is 2.08. The van der Waals surface area contributed by atoms with Crippen molar-refractivity contribution in [3.63, 3.8) is 0 Å². The van der Waals surface area contributed by atoms with Crippen molar-refractivity contribution in [2.24, 2.45) is 5.73 Å². The number of nitrogens with two attached hydrogens (primary N) is 2. The smallest absolute Gasteiger partial charge is 0.248 e. The fraction of sp³-hybridized carbons (Fsp3) is 0. The Morgan fingerprint density at radius 2 is 1.68 bits per heavy atom. The molecule has 4 N–H and O–H groups in total. The van der Waals surface area contributed by atoms with E-state index in [1.165, 1.54) is 12.1 Å². The first-order chi connectivity index (χ1) is 8.95. The first-order valence-corrected chi connectivity index (χ1v) is 6.04. The molecule has 2 rings (SSSR count). The van der Waals surface area contributed by atoms with Gasteiger partial charge in [0.1, 0.15) is 5.75 Å². The lowest BCUT2D eigenvalue weighted by molar-refractivity contribution is 0.1000. The van der Waals surface area contributed by atoms with Gasteiger partial charge in [0, 0.05) is 15.6 Å². The van der Waals surface area contributed by atoms with Crippen molar-refractivity contribution in [3.8, 4) is 11.5 Å². The number of hydrogen-bond acceptors (Lipinski definition) is 3. The van der Waals surface area contributed by atoms with Crippen molar-refractivity contribution >= 4 is 34.8 Å². The second-order valence-corrected chi connectivity index (χ2v) is 4.70. The van der Waals surface area contributed by atoms with Crippen molar-refractivity contribution in [2.45, 2.75) is 0 Å². The third kappa shape index (κ3) is 3.30. The van der Waals surface area contributed by atoms with Crippen LogP contribution >= 0.6 is 23.2 Å². The summed E-state index contributed by atoms with van der Waals surface area (Å²) in [5, 5.41) is 0.874. The second kappa shape index (κ2) is 5.38. The monoisotopic (exact) mass is 296 g/mol. The molecule has 98 valence electrons. The Labute approximate surface area is 119 Å². The number of carbonyl (C=O) groups is 1. The number of anilines is 1. The lowest BCUT2D eigenvalue weighted by atomic mass is 10.2. The van der Waals surface area contributed by atoms with Crippen LogP contribution in [0.1, 0.15) is 10.4 Å². The lowest BCUT2D eigenvalue weighted by Crippen LogP contribution is -2.11. The van der Waals surface area contributed by atoms with Crippen molar-refractivity contribution < 1.29 is 9.53 Å². The van der Waals surface area contributed by atoms with E-state index in [2.05, 4.69) is 0 Å². The summed E-state index contributed by atoms with van der Waals surface area (Å²) in [5.41, 5.74) is 11.6. The predicted octanol–water partition coefficient (Wildman–Crippen LogP) is 3.47. The molecule has 4 nitrogen and oxygen atoms in total. The van der Waals surface area contributed by atoms with Crippen LogP contribution in [0.2, 0.25) is 10.0 Å². The maximum Gasteiger partial charge on any atom is 0.248 e. The Balaban J connectivity index is 2.37. The molecule has 0 aliphatic rings. The molecule has 1 amide bonds. The van der Waals surface area contributed by atoms with Gasteiger partial charge in [-0.25, -0.2) is 0 Å². The standard InChI is InChI=1S/C13H10Cl2N2O2/c14-8-4-9(15)6-10(5-8)19-12-3-7(13(17)18)1-2-11(12)16/h1-6H,16H2,(H2,17,18). The van der Waals surface area contributed by atoms with Crippen LogP contribution in [0.4, 0.5) is 5.69 Å². The number of amides is 1. The van der Waals surface area contributed by atoms with E-state index < -0.39 is 5.91 Å². The van der Waals surface area contributed by atoms with Crippen LogP contribution in [0, 0.1) is 0 Å². The predicted molar refractivity (Wildman–Crippen MR) is 75.9 cm³/mol. The van der Waals surface area contributed by atoms with Crippen molar-refractivity contribution in [2.75, 3.05) is 5.73 Å². The van der Waals surface area contributed by atoms with Gasteiger partial charge in [0.15, 0.2) is 5.75 Å². The summed E-state index contributed by atoms with van der Waals surface area (Å²) in [7, 11) is 0. The molecule has 0 spiro atoms. The summed E-state index contributed by atoms with van der Waals surface area (Å²) in [6, 6.07) is 9.29. The molecule has 6 heteroatoms.